The van der Waals surface area contributed by atoms with Crippen LogP contribution in [-0.2, 0) is 27.1 Å². The normalized spacial score (nSPS) is 13.1. The Hall–Kier alpha value is -4.14. The van der Waals surface area contributed by atoms with Crippen LogP contribution in [0.2, 0.25) is 0 Å². The maximum absolute atomic E-state index is 16.3. The Balaban J connectivity index is 1.59. The average molecular weight is 750 g/mol. The molecule has 1 aliphatic heterocycles. The van der Waals surface area contributed by atoms with Crippen LogP contribution in [0.25, 0.3) is 22.1 Å². The molecule has 2 aromatic carbocycles. The number of carbonyl (C=O) groups is 3. The van der Waals surface area contributed by atoms with Gasteiger partial charge in [-0.3, -0.25) is 4.79 Å². The third-order valence-electron chi connectivity index (χ3n) is 6.93. The Morgan fingerprint density at radius 1 is 0.978 bits per heavy atom. The zero-order valence-electron chi connectivity index (χ0n) is 26.0. The molecule has 242 valence electrons. The third-order valence-corrected chi connectivity index (χ3v) is 7.70. The van der Waals surface area contributed by atoms with Gasteiger partial charge in [-0.1, -0.05) is 0 Å². The predicted octanol–water partition coefficient (Wildman–Crippen LogP) is 8.33. The number of benzene rings is 2. The molecule has 46 heavy (non-hydrogen) atoms. The Labute approximate surface area is 276 Å². The summed E-state index contributed by atoms with van der Waals surface area (Å²) in [5.74, 6) is -2.74. The van der Waals surface area contributed by atoms with Gasteiger partial charge in [0.05, 0.1) is 21.6 Å². The van der Waals surface area contributed by atoms with E-state index in [1.54, 1.807) is 47.6 Å². The minimum atomic E-state index is -1.05. The fourth-order valence-electron chi connectivity index (χ4n) is 5.08. The summed E-state index contributed by atoms with van der Waals surface area (Å²) in [4.78, 5) is 46.4. The van der Waals surface area contributed by atoms with Crippen molar-refractivity contribution in [3.63, 3.8) is 0 Å². The van der Waals surface area contributed by atoms with Gasteiger partial charge in [-0.05, 0) is 101 Å². The summed E-state index contributed by atoms with van der Waals surface area (Å²) >= 11 is 1.98. The van der Waals surface area contributed by atoms with Crippen LogP contribution in [-0.4, -0.2) is 40.8 Å². The number of hydrogen-bond donors (Lipinski definition) is 0. The Kier molecular flexibility index (Phi) is 8.83. The molecule has 5 rings (SSSR count). The molecular formula is C33H31F3IN3O6. The van der Waals surface area contributed by atoms with E-state index < -0.39 is 53.2 Å². The summed E-state index contributed by atoms with van der Waals surface area (Å²) in [6.07, 6.45) is 0.349. The molecule has 0 atom stereocenters. The first-order valence-electron chi connectivity index (χ1n) is 14.3. The number of anilines is 2. The minimum Gasteiger partial charge on any atom is -0.462 e. The van der Waals surface area contributed by atoms with Crippen LogP contribution in [0.4, 0.5) is 34.3 Å². The number of fused-ring (bicyclic) bond motifs is 2. The summed E-state index contributed by atoms with van der Waals surface area (Å²) in [6.45, 7) is 9.97. The number of aromatic nitrogens is 1. The van der Waals surface area contributed by atoms with Gasteiger partial charge < -0.3 is 18.8 Å². The lowest BCUT2D eigenvalue weighted by atomic mass is 10.00. The first-order valence-corrected chi connectivity index (χ1v) is 15.4. The summed E-state index contributed by atoms with van der Waals surface area (Å²) in [5, 5.41) is 0.162. The number of furan rings is 1. The Bertz CT molecular complexity index is 1850. The molecule has 0 radical (unpaired) electrons. The highest BCUT2D eigenvalue weighted by molar-refractivity contribution is 14.1. The number of carbonyl (C=O) groups excluding carboxylic acids is 3. The zero-order chi connectivity index (χ0) is 33.7. The van der Waals surface area contributed by atoms with Crippen molar-refractivity contribution in [3.8, 4) is 11.1 Å². The van der Waals surface area contributed by atoms with E-state index in [0.717, 1.165) is 18.2 Å². The predicted molar refractivity (Wildman–Crippen MR) is 173 cm³/mol. The van der Waals surface area contributed by atoms with Crippen LogP contribution in [0.5, 0.6) is 0 Å². The first kappa shape index (κ1) is 33.2. The lowest BCUT2D eigenvalue weighted by Gasteiger charge is -2.28. The van der Waals surface area contributed by atoms with Gasteiger partial charge in [-0.25, -0.2) is 27.7 Å². The summed E-state index contributed by atoms with van der Waals surface area (Å²) in [5.41, 5.74) is -1.02. The van der Waals surface area contributed by atoms with Gasteiger partial charge in [-0.15, -0.1) is 0 Å². The molecule has 0 saturated heterocycles. The lowest BCUT2D eigenvalue weighted by Crippen LogP contribution is -2.44. The van der Waals surface area contributed by atoms with Gasteiger partial charge in [0.2, 0.25) is 5.91 Å². The van der Waals surface area contributed by atoms with Crippen LogP contribution < -0.4 is 9.80 Å². The smallest absolute Gasteiger partial charge is 0.425 e. The number of halogens is 4. The molecule has 2 aromatic heterocycles. The van der Waals surface area contributed by atoms with Crippen LogP contribution in [0.15, 0.2) is 47.2 Å². The summed E-state index contributed by atoms with van der Waals surface area (Å²) in [7, 11) is 0. The molecule has 0 saturated carbocycles. The highest BCUT2D eigenvalue weighted by Gasteiger charge is 2.37. The molecule has 9 nitrogen and oxygen atoms in total. The van der Waals surface area contributed by atoms with Crippen LogP contribution >= 0.6 is 22.6 Å². The number of imide groups is 1. The summed E-state index contributed by atoms with van der Waals surface area (Å²) in [6, 6.07) is 5.88. The van der Waals surface area contributed by atoms with Crippen molar-refractivity contribution in [2.24, 2.45) is 0 Å². The van der Waals surface area contributed by atoms with E-state index in [-0.39, 0.29) is 52.0 Å². The second-order valence-electron chi connectivity index (χ2n) is 12.7. The highest BCUT2D eigenvalue weighted by Crippen LogP contribution is 2.43. The van der Waals surface area contributed by atoms with Crippen LogP contribution in [0.1, 0.15) is 52.7 Å². The first-order chi connectivity index (χ1) is 21.4. The average Bonchev–Trinajstić information content (AvgIpc) is 3.57. The van der Waals surface area contributed by atoms with Gasteiger partial charge in [0.15, 0.2) is 11.4 Å². The van der Waals surface area contributed by atoms with Gasteiger partial charge in [0.25, 0.3) is 0 Å². The molecular weight excluding hydrogens is 718 g/mol. The zero-order valence-corrected chi connectivity index (χ0v) is 28.1. The number of pyridine rings is 1. The van der Waals surface area contributed by atoms with Crippen molar-refractivity contribution in [1.82, 2.24) is 4.98 Å². The van der Waals surface area contributed by atoms with E-state index in [1.165, 1.54) is 23.4 Å². The van der Waals surface area contributed by atoms with Gasteiger partial charge >= 0.3 is 12.2 Å². The lowest BCUT2D eigenvalue weighted by molar-refractivity contribution is -0.117. The molecule has 0 unspecified atom stereocenters. The van der Waals surface area contributed by atoms with E-state index in [4.69, 9.17) is 13.9 Å². The number of rotatable bonds is 4. The number of nitrogens with zero attached hydrogens (tertiary/aromatic N) is 3. The van der Waals surface area contributed by atoms with Gasteiger partial charge in [0.1, 0.15) is 28.7 Å². The van der Waals surface area contributed by atoms with Crippen molar-refractivity contribution >= 4 is 63.2 Å². The van der Waals surface area contributed by atoms with Gasteiger partial charge in [-0.2, -0.15) is 4.90 Å². The third kappa shape index (κ3) is 6.69. The molecule has 3 heterocycles. The van der Waals surface area contributed by atoms with Crippen molar-refractivity contribution in [2.75, 3.05) is 16.3 Å². The highest BCUT2D eigenvalue weighted by atomic mass is 127. The van der Waals surface area contributed by atoms with E-state index in [0.29, 0.717) is 14.2 Å². The minimum absolute atomic E-state index is 0.0707. The molecule has 3 amide bonds. The summed E-state index contributed by atoms with van der Waals surface area (Å²) < 4.78 is 61.6. The van der Waals surface area contributed by atoms with E-state index >= 15 is 4.39 Å². The van der Waals surface area contributed by atoms with Gasteiger partial charge in [0, 0.05) is 40.7 Å². The quantitative estimate of drug-likeness (QED) is 0.194. The maximum atomic E-state index is 16.3. The maximum Gasteiger partial charge on any atom is 0.425 e. The number of hydrogen-bond acceptors (Lipinski definition) is 7. The second kappa shape index (κ2) is 12.2. The Morgan fingerprint density at radius 3 is 2.26 bits per heavy atom. The number of ether oxygens (including phenoxy) is 2. The van der Waals surface area contributed by atoms with Crippen LogP contribution in [0, 0.1) is 21.0 Å². The van der Waals surface area contributed by atoms with Crippen molar-refractivity contribution in [2.45, 2.75) is 65.6 Å². The molecule has 13 heteroatoms. The Morgan fingerprint density at radius 2 is 1.63 bits per heavy atom. The van der Waals surface area contributed by atoms with E-state index in [1.807, 2.05) is 22.6 Å². The molecule has 0 aliphatic carbocycles. The fourth-order valence-corrected chi connectivity index (χ4v) is 5.61. The standard InChI is InChI=1S/C33H31F3IN3O6/c1-32(2,3)45-30(42)40(31(43)46-33(4,5)6)29-26-21(16-44-28(26)23(37)15-38-29)19-8-10-24-20(27(19)36)11-12-39(24)25(41)14-17-13-18(34)7-9-22(17)35/h7-10,13,15-16H,11-12,14H2,1-6H3. The molecule has 0 fully saturated rings. The number of amides is 3. The molecule has 0 spiro atoms. The topological polar surface area (TPSA) is 102 Å². The van der Waals surface area contributed by atoms with Crippen LogP contribution in [0.3, 0.4) is 0 Å². The van der Waals surface area contributed by atoms with Crippen molar-refractivity contribution in [1.29, 1.82) is 0 Å². The van der Waals surface area contributed by atoms with Crippen molar-refractivity contribution < 1.29 is 41.4 Å². The molecule has 0 bridgehead atoms. The largest absolute Gasteiger partial charge is 0.462 e. The van der Waals surface area contributed by atoms with Crippen molar-refractivity contribution in [3.05, 3.63) is 74.9 Å². The monoisotopic (exact) mass is 749 g/mol. The van der Waals surface area contributed by atoms with E-state index in [9.17, 15) is 23.2 Å². The molecule has 1 aliphatic rings. The van der Waals surface area contributed by atoms with E-state index in [2.05, 4.69) is 4.98 Å². The second-order valence-corrected chi connectivity index (χ2v) is 13.9. The molecule has 4 aromatic rings. The SMILES string of the molecule is CC(C)(C)OC(=O)N(C(=O)OC(C)(C)C)c1ncc(I)c2occ(-c3ccc4c(c3F)CCN4C(=O)Cc3cc(F)ccc3F)c12. The molecule has 0 N–H and O–H groups in total. The fraction of sp³-hybridized carbons (Fsp3) is 0.333.